The first-order chi connectivity index (χ1) is 6.77. The lowest BCUT2D eigenvalue weighted by atomic mass is 10.2. The summed E-state index contributed by atoms with van der Waals surface area (Å²) in [5, 5.41) is 2.36. The summed E-state index contributed by atoms with van der Waals surface area (Å²) in [6.07, 6.45) is 0.167. The van der Waals surface area contributed by atoms with Gasteiger partial charge in [-0.1, -0.05) is 29.5 Å². The highest BCUT2D eigenvalue weighted by atomic mass is 32.1. The van der Waals surface area contributed by atoms with Gasteiger partial charge >= 0.3 is 0 Å². The van der Waals surface area contributed by atoms with Crippen LogP contribution in [0.1, 0.15) is 6.92 Å². The number of hydrogen-bond donors (Lipinski definition) is 0. The van der Waals surface area contributed by atoms with Gasteiger partial charge in [-0.3, -0.25) is 0 Å². The highest BCUT2D eigenvalue weighted by molar-refractivity contribution is 7.21. The van der Waals surface area contributed by atoms with Gasteiger partial charge in [-0.15, -0.1) is 0 Å². The van der Waals surface area contributed by atoms with E-state index in [2.05, 4.69) is 43.1 Å². The molecule has 3 heteroatoms. The van der Waals surface area contributed by atoms with Crippen LogP contribution in [0.3, 0.4) is 0 Å². The van der Waals surface area contributed by atoms with Gasteiger partial charge in [-0.2, -0.15) is 0 Å². The van der Waals surface area contributed by atoms with Crippen molar-refractivity contribution in [1.29, 1.82) is 0 Å². The fourth-order valence-electron chi connectivity index (χ4n) is 1.84. The standard InChI is InChI=1S/C11H11NOS/c1-7-12(2)10-8-5-3-4-6-9(8)14-11(10)13-7/h3-7H,1-2H3. The molecule has 1 aromatic heterocycles. The zero-order valence-corrected chi connectivity index (χ0v) is 8.97. The number of fused-ring (bicyclic) bond motifs is 3. The fourth-order valence-corrected chi connectivity index (χ4v) is 3.00. The van der Waals surface area contributed by atoms with Gasteiger partial charge in [0.05, 0.1) is 0 Å². The van der Waals surface area contributed by atoms with Crippen molar-refractivity contribution in [2.75, 3.05) is 11.9 Å². The monoisotopic (exact) mass is 205 g/mol. The summed E-state index contributed by atoms with van der Waals surface area (Å²) in [5.74, 6) is 0. The van der Waals surface area contributed by atoms with Gasteiger partial charge in [0.2, 0.25) is 5.06 Å². The number of ether oxygens (including phenoxy) is 1. The van der Waals surface area contributed by atoms with Crippen molar-refractivity contribution in [2.24, 2.45) is 0 Å². The molecule has 2 aromatic rings. The van der Waals surface area contributed by atoms with E-state index in [9.17, 15) is 0 Å². The average molecular weight is 205 g/mol. The molecule has 1 aliphatic heterocycles. The topological polar surface area (TPSA) is 12.5 Å². The van der Waals surface area contributed by atoms with Gasteiger partial charge in [-0.05, 0) is 13.0 Å². The first-order valence-corrected chi connectivity index (χ1v) is 5.50. The van der Waals surface area contributed by atoms with Crippen LogP contribution in [0.4, 0.5) is 5.69 Å². The number of hydrogen-bond acceptors (Lipinski definition) is 3. The normalized spacial score (nSPS) is 19.9. The number of nitrogens with zero attached hydrogens (tertiary/aromatic N) is 1. The van der Waals surface area contributed by atoms with E-state index >= 15 is 0 Å². The molecule has 0 saturated carbocycles. The van der Waals surface area contributed by atoms with E-state index in [-0.39, 0.29) is 6.23 Å². The second-order valence-corrected chi connectivity index (χ2v) is 4.58. The van der Waals surface area contributed by atoms with Crippen LogP contribution in [0.25, 0.3) is 10.1 Å². The Morgan fingerprint density at radius 3 is 3.00 bits per heavy atom. The largest absolute Gasteiger partial charge is 0.459 e. The van der Waals surface area contributed by atoms with Crippen molar-refractivity contribution in [3.8, 4) is 5.06 Å². The van der Waals surface area contributed by atoms with Gasteiger partial charge in [0, 0.05) is 17.1 Å². The van der Waals surface area contributed by atoms with E-state index in [1.807, 2.05) is 0 Å². The SMILES string of the molecule is CC1Oc2sc3ccccc3c2N1C. The highest BCUT2D eigenvalue weighted by Gasteiger charge is 2.28. The van der Waals surface area contributed by atoms with Crippen molar-refractivity contribution < 1.29 is 4.74 Å². The van der Waals surface area contributed by atoms with Crippen molar-refractivity contribution in [1.82, 2.24) is 0 Å². The van der Waals surface area contributed by atoms with Gasteiger partial charge in [0.15, 0.2) is 6.23 Å². The number of rotatable bonds is 0. The highest BCUT2D eigenvalue weighted by Crippen LogP contribution is 2.48. The minimum Gasteiger partial charge on any atom is -0.459 e. The molecule has 0 bridgehead atoms. The minimum absolute atomic E-state index is 0.167. The van der Waals surface area contributed by atoms with E-state index in [4.69, 9.17) is 4.74 Å². The molecule has 1 aromatic carbocycles. The Morgan fingerprint density at radius 1 is 1.36 bits per heavy atom. The zero-order valence-electron chi connectivity index (χ0n) is 8.15. The maximum atomic E-state index is 5.75. The van der Waals surface area contributed by atoms with Crippen LogP contribution >= 0.6 is 11.3 Å². The molecule has 1 atom stereocenters. The van der Waals surface area contributed by atoms with E-state index in [0.29, 0.717) is 0 Å². The van der Waals surface area contributed by atoms with E-state index in [0.717, 1.165) is 5.06 Å². The van der Waals surface area contributed by atoms with Crippen molar-refractivity contribution in [3.63, 3.8) is 0 Å². The summed E-state index contributed by atoms with van der Waals surface area (Å²) >= 11 is 1.73. The predicted molar refractivity (Wildman–Crippen MR) is 60.3 cm³/mol. The lowest BCUT2D eigenvalue weighted by Gasteiger charge is -2.16. The van der Waals surface area contributed by atoms with Crippen LogP contribution in [0, 0.1) is 0 Å². The molecule has 0 radical (unpaired) electrons. The Kier molecular flexibility index (Phi) is 1.53. The van der Waals surface area contributed by atoms with E-state index < -0.39 is 0 Å². The molecule has 0 spiro atoms. The van der Waals surface area contributed by atoms with Crippen LogP contribution in [0.2, 0.25) is 0 Å². The van der Waals surface area contributed by atoms with Crippen LogP contribution in [-0.4, -0.2) is 13.3 Å². The van der Waals surface area contributed by atoms with E-state index in [1.165, 1.54) is 15.8 Å². The zero-order chi connectivity index (χ0) is 9.71. The van der Waals surface area contributed by atoms with Crippen molar-refractivity contribution in [3.05, 3.63) is 24.3 Å². The number of anilines is 1. The Balaban J connectivity index is 2.32. The van der Waals surface area contributed by atoms with Gasteiger partial charge in [0.25, 0.3) is 0 Å². The lowest BCUT2D eigenvalue weighted by Crippen LogP contribution is -2.27. The summed E-state index contributed by atoms with van der Waals surface area (Å²) < 4.78 is 7.05. The second kappa shape index (κ2) is 2.64. The van der Waals surface area contributed by atoms with Gasteiger partial charge < -0.3 is 9.64 Å². The molecule has 1 unspecified atom stereocenters. The molecule has 0 saturated heterocycles. The van der Waals surface area contributed by atoms with Crippen LogP contribution in [-0.2, 0) is 0 Å². The van der Waals surface area contributed by atoms with Crippen molar-refractivity contribution in [2.45, 2.75) is 13.2 Å². The Morgan fingerprint density at radius 2 is 2.14 bits per heavy atom. The molecule has 2 nitrogen and oxygen atoms in total. The van der Waals surface area contributed by atoms with E-state index in [1.54, 1.807) is 11.3 Å². The molecule has 0 N–H and O–H groups in total. The second-order valence-electron chi connectivity index (χ2n) is 3.56. The molecule has 3 rings (SSSR count). The fraction of sp³-hybridized carbons (Fsp3) is 0.273. The Labute approximate surface area is 86.7 Å². The molecule has 1 aliphatic rings. The first-order valence-electron chi connectivity index (χ1n) is 4.68. The maximum Gasteiger partial charge on any atom is 0.201 e. The predicted octanol–water partition coefficient (Wildman–Crippen LogP) is 3.08. The molecule has 0 amide bonds. The lowest BCUT2D eigenvalue weighted by molar-refractivity contribution is 0.257. The molecule has 14 heavy (non-hydrogen) atoms. The smallest absolute Gasteiger partial charge is 0.201 e. The maximum absolute atomic E-state index is 5.75. The third kappa shape index (κ3) is 0.904. The van der Waals surface area contributed by atoms with Crippen LogP contribution in [0.5, 0.6) is 5.06 Å². The van der Waals surface area contributed by atoms with Crippen molar-refractivity contribution >= 4 is 27.1 Å². The molecule has 72 valence electrons. The number of benzene rings is 1. The average Bonchev–Trinajstić information content (AvgIpc) is 2.65. The Hall–Kier alpha value is -1.22. The molecule has 2 heterocycles. The van der Waals surface area contributed by atoms with Crippen LogP contribution < -0.4 is 9.64 Å². The summed E-state index contributed by atoms with van der Waals surface area (Å²) in [5.41, 5.74) is 1.25. The molecule has 0 fully saturated rings. The third-order valence-corrected chi connectivity index (χ3v) is 3.76. The van der Waals surface area contributed by atoms with Crippen LogP contribution in [0.15, 0.2) is 24.3 Å². The first kappa shape index (κ1) is 8.12. The quantitative estimate of drug-likeness (QED) is 0.655. The summed E-state index contributed by atoms with van der Waals surface area (Å²) in [6.45, 7) is 2.07. The molecular weight excluding hydrogens is 194 g/mol. The summed E-state index contributed by atoms with van der Waals surface area (Å²) in [6, 6.07) is 8.44. The summed E-state index contributed by atoms with van der Waals surface area (Å²) in [7, 11) is 2.08. The minimum atomic E-state index is 0.167. The van der Waals surface area contributed by atoms with Gasteiger partial charge in [0.1, 0.15) is 5.69 Å². The summed E-state index contributed by atoms with van der Waals surface area (Å²) in [4.78, 5) is 2.19. The Bertz CT molecular complexity index is 491. The molecule has 0 aliphatic carbocycles. The third-order valence-electron chi connectivity index (χ3n) is 2.71. The molecular formula is C11H11NOS. The number of thiophene rings is 1. The van der Waals surface area contributed by atoms with Gasteiger partial charge in [-0.25, -0.2) is 0 Å².